The van der Waals surface area contributed by atoms with Crippen molar-refractivity contribution in [2.24, 2.45) is 0 Å². The van der Waals surface area contributed by atoms with Crippen LogP contribution in [0.5, 0.6) is 0 Å². The lowest BCUT2D eigenvalue weighted by Crippen LogP contribution is -2.34. The number of carbonyl (C=O) groups excluding carboxylic acids is 1. The van der Waals surface area contributed by atoms with E-state index in [1.165, 1.54) is 17.2 Å². The fourth-order valence-corrected chi connectivity index (χ4v) is 3.48. The second-order valence-electron chi connectivity index (χ2n) is 7.04. The number of hydrogen-bond acceptors (Lipinski definition) is 4. The topological polar surface area (TPSA) is 93.2 Å². The summed E-state index contributed by atoms with van der Waals surface area (Å²) in [5.41, 5.74) is 0.860. The van der Waals surface area contributed by atoms with Crippen molar-refractivity contribution in [1.82, 2.24) is 4.98 Å². The molecule has 0 atom stereocenters. The van der Waals surface area contributed by atoms with E-state index in [1.54, 1.807) is 33.9 Å². The number of amides is 1. The van der Waals surface area contributed by atoms with E-state index in [0.29, 0.717) is 32.1 Å². The Morgan fingerprint density at radius 1 is 1.44 bits per heavy atom. The van der Waals surface area contributed by atoms with E-state index < -0.39 is 11.7 Å². The lowest BCUT2D eigenvalue weighted by molar-refractivity contribution is -0.886. The third-order valence-electron chi connectivity index (χ3n) is 3.92. The molecule has 0 fully saturated rings. The van der Waals surface area contributed by atoms with Crippen LogP contribution in [0.2, 0.25) is 5.02 Å². The molecular formula is C18H17BrClN4O3+. The van der Waals surface area contributed by atoms with Gasteiger partial charge in [-0.15, -0.1) is 0 Å². The zero-order valence-electron chi connectivity index (χ0n) is 15.1. The fraction of sp³-hybridized carbons (Fsp3) is 0.278. The number of carbonyl (C=O) groups is 1. The highest BCUT2D eigenvalue weighted by molar-refractivity contribution is 9.10. The zero-order chi connectivity index (χ0) is 20.1. The fourth-order valence-electron chi connectivity index (χ4n) is 2.82. The average molecular weight is 453 g/mol. The van der Waals surface area contributed by atoms with E-state index in [1.807, 2.05) is 0 Å². The summed E-state index contributed by atoms with van der Waals surface area (Å²) < 4.78 is 6.94. The largest absolute Gasteiger partial charge is 0.443 e. The van der Waals surface area contributed by atoms with Crippen LogP contribution in [0.25, 0.3) is 21.9 Å². The van der Waals surface area contributed by atoms with Crippen molar-refractivity contribution in [3.63, 3.8) is 0 Å². The third kappa shape index (κ3) is 3.40. The summed E-state index contributed by atoms with van der Waals surface area (Å²) in [7, 11) is 1.56. The zero-order valence-corrected chi connectivity index (χ0v) is 17.4. The Morgan fingerprint density at radius 3 is 2.70 bits per heavy atom. The lowest BCUT2D eigenvalue weighted by atomic mass is 10.1. The number of anilines is 1. The summed E-state index contributed by atoms with van der Waals surface area (Å²) in [6.07, 6.45) is 0.893. The van der Waals surface area contributed by atoms with Crippen molar-refractivity contribution in [3.8, 4) is 6.07 Å². The average Bonchev–Trinajstić information content (AvgIpc) is 2.91. The van der Waals surface area contributed by atoms with Gasteiger partial charge in [-0.2, -0.15) is 5.26 Å². The van der Waals surface area contributed by atoms with Gasteiger partial charge < -0.3 is 9.94 Å². The summed E-state index contributed by atoms with van der Waals surface area (Å²) in [5.74, 6) is 0. The highest BCUT2D eigenvalue weighted by Gasteiger charge is 2.28. The Bertz CT molecular complexity index is 1130. The number of fused-ring (bicyclic) bond motifs is 3. The molecule has 1 amide bonds. The molecule has 0 spiro atoms. The van der Waals surface area contributed by atoms with Crippen LogP contribution in [-0.2, 0) is 4.74 Å². The maximum Gasteiger partial charge on any atom is 0.414 e. The van der Waals surface area contributed by atoms with Crippen molar-refractivity contribution in [2.75, 3.05) is 11.9 Å². The van der Waals surface area contributed by atoms with Crippen LogP contribution in [0.4, 0.5) is 10.5 Å². The van der Waals surface area contributed by atoms with Gasteiger partial charge in [-0.3, -0.25) is 4.90 Å². The molecular weight excluding hydrogens is 436 g/mol. The third-order valence-corrected chi connectivity index (χ3v) is 4.66. The van der Waals surface area contributed by atoms with E-state index >= 15 is 0 Å². The van der Waals surface area contributed by atoms with Gasteiger partial charge in [0.15, 0.2) is 11.7 Å². The van der Waals surface area contributed by atoms with Crippen LogP contribution >= 0.6 is 27.5 Å². The number of aromatic nitrogens is 2. The van der Waals surface area contributed by atoms with Crippen LogP contribution in [0, 0.1) is 11.3 Å². The maximum absolute atomic E-state index is 12.5. The van der Waals surface area contributed by atoms with E-state index in [4.69, 9.17) is 16.3 Å². The van der Waals surface area contributed by atoms with Gasteiger partial charge in [-0.1, -0.05) is 16.3 Å². The SMILES string of the molecule is CN(C(=O)OC(C)(C)C)c1cc(Cl)c(C#N)c2c1[nH]c1c2cc(Br)c[n+]1O. The summed E-state index contributed by atoms with van der Waals surface area (Å²) in [6, 6.07) is 5.38. The quantitative estimate of drug-likeness (QED) is 0.420. The summed E-state index contributed by atoms with van der Waals surface area (Å²) in [4.78, 5) is 16.9. The molecule has 0 radical (unpaired) electrons. The molecule has 3 aromatic rings. The first-order valence-corrected chi connectivity index (χ1v) is 9.15. The van der Waals surface area contributed by atoms with E-state index in [2.05, 4.69) is 27.0 Å². The van der Waals surface area contributed by atoms with Crippen LogP contribution in [0.1, 0.15) is 26.3 Å². The smallest absolute Gasteiger partial charge is 0.414 e. The summed E-state index contributed by atoms with van der Waals surface area (Å²) in [5, 5.41) is 21.1. The second-order valence-corrected chi connectivity index (χ2v) is 8.37. The molecule has 0 saturated carbocycles. The minimum absolute atomic E-state index is 0.195. The molecule has 2 aromatic heterocycles. The number of rotatable bonds is 1. The number of nitriles is 1. The Balaban J connectivity index is 2.34. The number of halogens is 2. The van der Waals surface area contributed by atoms with Gasteiger partial charge >= 0.3 is 11.7 Å². The molecule has 3 rings (SSSR count). The normalized spacial score (nSPS) is 11.6. The van der Waals surface area contributed by atoms with Gasteiger partial charge in [0.1, 0.15) is 11.7 Å². The number of aromatic amines is 1. The molecule has 0 aliphatic rings. The standard InChI is InChI=1S/C18H16BrClN4O3/c1-18(2,3)27-17(25)23(4)13-6-12(20)11(7-21)14-10-5-9(19)8-24(26)16(10)22-15(13)14/h5-6,8,26H,1-4H3/p+1. The molecule has 0 aliphatic carbocycles. The van der Waals surface area contributed by atoms with E-state index in [9.17, 15) is 15.3 Å². The lowest BCUT2D eigenvalue weighted by Gasteiger charge is -2.24. The molecule has 27 heavy (non-hydrogen) atoms. The van der Waals surface area contributed by atoms with Crippen molar-refractivity contribution in [1.29, 1.82) is 5.26 Å². The van der Waals surface area contributed by atoms with Gasteiger partial charge in [0.2, 0.25) is 0 Å². The first-order chi connectivity index (χ1) is 12.5. The van der Waals surface area contributed by atoms with Crippen LogP contribution in [-0.4, -0.2) is 28.9 Å². The monoisotopic (exact) mass is 451 g/mol. The number of H-pyrrole nitrogens is 1. The molecule has 140 valence electrons. The highest BCUT2D eigenvalue weighted by Crippen LogP contribution is 2.38. The molecule has 9 heteroatoms. The predicted octanol–water partition coefficient (Wildman–Crippen LogP) is 4.50. The minimum atomic E-state index is -0.666. The molecule has 1 aromatic carbocycles. The number of hydrogen-bond donors (Lipinski definition) is 2. The number of pyridine rings is 1. The predicted molar refractivity (Wildman–Crippen MR) is 105 cm³/mol. The molecule has 2 heterocycles. The molecule has 0 aliphatic heterocycles. The minimum Gasteiger partial charge on any atom is -0.443 e. The number of benzene rings is 1. The van der Waals surface area contributed by atoms with Crippen molar-refractivity contribution in [2.45, 2.75) is 26.4 Å². The van der Waals surface area contributed by atoms with Crippen molar-refractivity contribution >= 4 is 61.2 Å². The Kier molecular flexibility index (Phi) is 4.70. The van der Waals surface area contributed by atoms with E-state index in [-0.39, 0.29) is 10.6 Å². The Labute approximate surface area is 168 Å². The Morgan fingerprint density at radius 2 is 2.11 bits per heavy atom. The number of nitrogens with zero attached hydrogens (tertiary/aromatic N) is 3. The summed E-state index contributed by atoms with van der Waals surface area (Å²) >= 11 is 9.66. The van der Waals surface area contributed by atoms with Gasteiger partial charge in [0.05, 0.1) is 31.5 Å². The number of ether oxygens (including phenoxy) is 1. The van der Waals surface area contributed by atoms with Crippen LogP contribution < -0.4 is 9.63 Å². The van der Waals surface area contributed by atoms with Gasteiger partial charge in [-0.25, -0.2) is 9.78 Å². The first kappa shape index (κ1) is 19.3. The second kappa shape index (κ2) is 6.59. The maximum atomic E-state index is 12.5. The molecule has 0 unspecified atom stereocenters. The van der Waals surface area contributed by atoms with Crippen LogP contribution in [0.3, 0.4) is 0 Å². The molecule has 2 N–H and O–H groups in total. The number of nitrogens with one attached hydrogen (secondary N) is 1. The van der Waals surface area contributed by atoms with Crippen LogP contribution in [0.15, 0.2) is 22.8 Å². The molecule has 0 bridgehead atoms. The van der Waals surface area contributed by atoms with Gasteiger partial charge in [0, 0.05) is 7.05 Å². The van der Waals surface area contributed by atoms with Crippen molar-refractivity contribution < 1.29 is 19.5 Å². The first-order valence-electron chi connectivity index (χ1n) is 7.98. The van der Waals surface area contributed by atoms with Gasteiger partial charge in [0.25, 0.3) is 0 Å². The van der Waals surface area contributed by atoms with E-state index in [0.717, 1.165) is 4.73 Å². The summed E-state index contributed by atoms with van der Waals surface area (Å²) in [6.45, 7) is 5.32. The van der Waals surface area contributed by atoms with Gasteiger partial charge in [-0.05, 0) is 48.8 Å². The molecule has 7 nitrogen and oxygen atoms in total. The highest BCUT2D eigenvalue weighted by atomic mass is 79.9. The molecule has 0 saturated heterocycles. The Hall–Kier alpha value is -2.50. The van der Waals surface area contributed by atoms with Crippen molar-refractivity contribution in [3.05, 3.63) is 33.4 Å².